The molecule has 0 atom stereocenters. The quantitative estimate of drug-likeness (QED) is 0.897. The first-order valence-corrected chi connectivity index (χ1v) is 7.64. The molecule has 0 spiro atoms. The lowest BCUT2D eigenvalue weighted by Crippen LogP contribution is -2.38. The standard InChI is InChI=1S/C16H20N4O3/c1-22-13-4-2-12(3-5-13)16-18-14(23-19-16)10-20-8-6-11(7-9-20)15(17)21/h2-5,11H,6-10H2,1H3,(H2,17,21). The first kappa shape index (κ1) is 15.5. The number of rotatable bonds is 5. The number of carbonyl (C=O) groups excluding carboxylic acids is 1. The van der Waals surface area contributed by atoms with Crippen LogP contribution in [0.2, 0.25) is 0 Å². The summed E-state index contributed by atoms with van der Waals surface area (Å²) < 4.78 is 10.5. The molecule has 1 aliphatic rings. The number of piperidine rings is 1. The van der Waals surface area contributed by atoms with Gasteiger partial charge in [-0.25, -0.2) is 0 Å². The van der Waals surface area contributed by atoms with E-state index in [4.69, 9.17) is 15.0 Å². The van der Waals surface area contributed by atoms with E-state index in [1.165, 1.54) is 0 Å². The third-order valence-corrected chi connectivity index (χ3v) is 4.17. The number of benzene rings is 1. The van der Waals surface area contributed by atoms with Crippen LogP contribution in [-0.2, 0) is 11.3 Å². The van der Waals surface area contributed by atoms with Crippen LogP contribution in [-0.4, -0.2) is 41.1 Å². The molecule has 1 saturated heterocycles. The summed E-state index contributed by atoms with van der Waals surface area (Å²) in [5.41, 5.74) is 6.23. The van der Waals surface area contributed by atoms with Crippen molar-refractivity contribution in [2.45, 2.75) is 19.4 Å². The molecular formula is C16H20N4O3. The predicted molar refractivity (Wildman–Crippen MR) is 83.5 cm³/mol. The number of hydrogen-bond acceptors (Lipinski definition) is 6. The Morgan fingerprint density at radius 1 is 1.35 bits per heavy atom. The molecule has 0 unspecified atom stereocenters. The van der Waals surface area contributed by atoms with E-state index in [9.17, 15) is 4.79 Å². The van der Waals surface area contributed by atoms with Crippen LogP contribution in [0, 0.1) is 5.92 Å². The number of primary amides is 1. The van der Waals surface area contributed by atoms with E-state index in [0.29, 0.717) is 18.3 Å². The highest BCUT2D eigenvalue weighted by molar-refractivity contribution is 5.76. The minimum atomic E-state index is -0.204. The lowest BCUT2D eigenvalue weighted by atomic mass is 9.96. The molecule has 0 radical (unpaired) electrons. The Hall–Kier alpha value is -2.41. The van der Waals surface area contributed by atoms with Crippen LogP contribution in [0.4, 0.5) is 0 Å². The van der Waals surface area contributed by atoms with E-state index in [2.05, 4.69) is 15.0 Å². The van der Waals surface area contributed by atoms with Gasteiger partial charge < -0.3 is 15.0 Å². The Balaban J connectivity index is 1.60. The van der Waals surface area contributed by atoms with E-state index in [0.717, 1.165) is 37.2 Å². The minimum absolute atomic E-state index is 0.0104. The van der Waals surface area contributed by atoms with Gasteiger partial charge in [0.05, 0.1) is 13.7 Å². The van der Waals surface area contributed by atoms with Crippen LogP contribution in [0.5, 0.6) is 5.75 Å². The Kier molecular flexibility index (Phi) is 4.57. The fourth-order valence-electron chi connectivity index (χ4n) is 2.74. The minimum Gasteiger partial charge on any atom is -0.497 e. The monoisotopic (exact) mass is 316 g/mol. The highest BCUT2D eigenvalue weighted by Gasteiger charge is 2.24. The number of methoxy groups -OCH3 is 1. The molecule has 1 aromatic carbocycles. The molecule has 0 saturated carbocycles. The largest absolute Gasteiger partial charge is 0.497 e. The first-order valence-electron chi connectivity index (χ1n) is 7.64. The van der Waals surface area contributed by atoms with Gasteiger partial charge in [-0.1, -0.05) is 5.16 Å². The van der Waals surface area contributed by atoms with Crippen LogP contribution in [0.15, 0.2) is 28.8 Å². The van der Waals surface area contributed by atoms with Gasteiger partial charge in [-0.05, 0) is 50.2 Å². The molecule has 23 heavy (non-hydrogen) atoms. The van der Waals surface area contributed by atoms with E-state index >= 15 is 0 Å². The summed E-state index contributed by atoms with van der Waals surface area (Å²) >= 11 is 0. The molecule has 2 aromatic rings. The molecule has 122 valence electrons. The molecule has 0 aliphatic carbocycles. The van der Waals surface area contributed by atoms with Crippen molar-refractivity contribution >= 4 is 5.91 Å². The fourth-order valence-corrected chi connectivity index (χ4v) is 2.74. The van der Waals surface area contributed by atoms with E-state index in [1.807, 2.05) is 24.3 Å². The van der Waals surface area contributed by atoms with Gasteiger partial charge in [-0.15, -0.1) is 0 Å². The number of nitrogens with two attached hydrogens (primary N) is 1. The molecule has 0 bridgehead atoms. The maximum absolute atomic E-state index is 11.2. The summed E-state index contributed by atoms with van der Waals surface area (Å²) in [6.07, 6.45) is 1.57. The van der Waals surface area contributed by atoms with Crippen molar-refractivity contribution in [1.82, 2.24) is 15.0 Å². The zero-order valence-corrected chi connectivity index (χ0v) is 13.1. The molecular weight excluding hydrogens is 296 g/mol. The topological polar surface area (TPSA) is 94.5 Å². The van der Waals surface area contributed by atoms with Crippen LogP contribution >= 0.6 is 0 Å². The molecule has 1 aliphatic heterocycles. The van der Waals surface area contributed by atoms with Crippen molar-refractivity contribution in [3.05, 3.63) is 30.2 Å². The van der Waals surface area contributed by atoms with Gasteiger partial charge in [0.1, 0.15) is 5.75 Å². The van der Waals surface area contributed by atoms with Crippen LogP contribution in [0.3, 0.4) is 0 Å². The van der Waals surface area contributed by atoms with E-state index in [-0.39, 0.29) is 11.8 Å². The Morgan fingerprint density at radius 2 is 2.04 bits per heavy atom. The van der Waals surface area contributed by atoms with Crippen LogP contribution in [0.1, 0.15) is 18.7 Å². The highest BCUT2D eigenvalue weighted by Crippen LogP contribution is 2.21. The Bertz CT molecular complexity index is 660. The van der Waals surface area contributed by atoms with Crippen molar-refractivity contribution in [2.75, 3.05) is 20.2 Å². The third-order valence-electron chi connectivity index (χ3n) is 4.17. The molecule has 7 heteroatoms. The maximum atomic E-state index is 11.2. The van der Waals surface area contributed by atoms with Crippen molar-refractivity contribution in [3.63, 3.8) is 0 Å². The Morgan fingerprint density at radius 3 is 2.65 bits per heavy atom. The normalized spacial score (nSPS) is 16.4. The second kappa shape index (κ2) is 6.78. The van der Waals surface area contributed by atoms with Gasteiger partial charge in [-0.3, -0.25) is 9.69 Å². The van der Waals surface area contributed by atoms with E-state index in [1.54, 1.807) is 7.11 Å². The van der Waals surface area contributed by atoms with Gasteiger partial charge in [0, 0.05) is 11.5 Å². The third kappa shape index (κ3) is 3.68. The first-order chi connectivity index (χ1) is 11.2. The lowest BCUT2D eigenvalue weighted by molar-refractivity contribution is -0.123. The fraction of sp³-hybridized carbons (Fsp3) is 0.438. The number of hydrogen-bond donors (Lipinski definition) is 1. The second-order valence-corrected chi connectivity index (χ2v) is 5.69. The molecule has 2 heterocycles. The van der Waals surface area contributed by atoms with Gasteiger partial charge in [0.2, 0.25) is 17.6 Å². The summed E-state index contributed by atoms with van der Waals surface area (Å²) in [7, 11) is 1.63. The summed E-state index contributed by atoms with van der Waals surface area (Å²) in [6, 6.07) is 7.51. The maximum Gasteiger partial charge on any atom is 0.241 e. The smallest absolute Gasteiger partial charge is 0.241 e. The molecule has 1 aromatic heterocycles. The highest BCUT2D eigenvalue weighted by atomic mass is 16.5. The summed E-state index contributed by atoms with van der Waals surface area (Å²) in [5, 5.41) is 4.02. The predicted octanol–water partition coefficient (Wildman–Crippen LogP) is 1.44. The zero-order chi connectivity index (χ0) is 16.2. The zero-order valence-electron chi connectivity index (χ0n) is 13.1. The second-order valence-electron chi connectivity index (χ2n) is 5.69. The lowest BCUT2D eigenvalue weighted by Gasteiger charge is -2.29. The number of likely N-dealkylation sites (tertiary alicyclic amines) is 1. The molecule has 1 fully saturated rings. The van der Waals surface area contributed by atoms with Crippen LogP contribution < -0.4 is 10.5 Å². The van der Waals surface area contributed by atoms with Crippen molar-refractivity contribution in [1.29, 1.82) is 0 Å². The van der Waals surface area contributed by atoms with Crippen LogP contribution in [0.25, 0.3) is 11.4 Å². The van der Waals surface area contributed by atoms with Gasteiger partial charge in [0.15, 0.2) is 0 Å². The van der Waals surface area contributed by atoms with E-state index < -0.39 is 0 Å². The molecule has 2 N–H and O–H groups in total. The SMILES string of the molecule is COc1ccc(-c2noc(CN3CCC(C(N)=O)CC3)n2)cc1. The van der Waals surface area contributed by atoms with Gasteiger partial charge >= 0.3 is 0 Å². The van der Waals surface area contributed by atoms with Crippen molar-refractivity contribution in [3.8, 4) is 17.1 Å². The Labute approximate surface area is 134 Å². The number of ether oxygens (including phenoxy) is 1. The molecule has 3 rings (SSSR count). The number of nitrogens with zero attached hydrogens (tertiary/aromatic N) is 3. The van der Waals surface area contributed by atoms with Gasteiger partial charge in [0.25, 0.3) is 0 Å². The average Bonchev–Trinajstić information content (AvgIpc) is 3.04. The average molecular weight is 316 g/mol. The number of carbonyl (C=O) groups is 1. The van der Waals surface area contributed by atoms with Gasteiger partial charge in [-0.2, -0.15) is 4.98 Å². The molecule has 1 amide bonds. The summed E-state index contributed by atoms with van der Waals surface area (Å²) in [6.45, 7) is 2.22. The summed E-state index contributed by atoms with van der Waals surface area (Å²) in [5.74, 6) is 1.71. The van der Waals surface area contributed by atoms with Crippen molar-refractivity contribution < 1.29 is 14.1 Å². The molecule has 7 nitrogen and oxygen atoms in total. The number of aromatic nitrogens is 2. The number of amides is 1. The van der Waals surface area contributed by atoms with Crippen molar-refractivity contribution in [2.24, 2.45) is 11.7 Å². The summed E-state index contributed by atoms with van der Waals surface area (Å²) in [4.78, 5) is 17.8.